The third-order valence-corrected chi connectivity index (χ3v) is 6.35. The van der Waals surface area contributed by atoms with E-state index in [1.165, 1.54) is 4.90 Å². The Bertz CT molecular complexity index is 1060. The molecule has 9 heteroatoms. The van der Waals surface area contributed by atoms with E-state index < -0.39 is 40.9 Å². The number of nitrogens with zero attached hydrogens (tertiary/aromatic N) is 1. The average Bonchev–Trinajstić information content (AvgIpc) is 3.19. The van der Waals surface area contributed by atoms with Gasteiger partial charge in [0.1, 0.15) is 6.04 Å². The minimum absolute atomic E-state index is 0.121. The maximum absolute atomic E-state index is 13.4. The molecular formula is C26H31Cl2N3O4. The van der Waals surface area contributed by atoms with Crippen LogP contribution in [-0.2, 0) is 16.0 Å². The standard InChI is InChI=1S/C26H31Cl2N3O4/c1-26(2,3)30-24(34)21-14-17(27)15-31(21)25(35)22(32)20(13-16-9-5-4-6-10-16)29-23(33)18-11-7-8-12-19(18)28/h4-12,17,20-22,32H,13-15H2,1-3H3,(H,29,33)(H,30,34)/t17-,20-,21-,22-/m0/s1. The van der Waals surface area contributed by atoms with E-state index in [4.69, 9.17) is 23.2 Å². The first-order chi connectivity index (χ1) is 16.5. The van der Waals surface area contributed by atoms with Crippen molar-refractivity contribution in [3.8, 4) is 0 Å². The van der Waals surface area contributed by atoms with Crippen molar-refractivity contribution in [2.75, 3.05) is 6.54 Å². The molecule has 0 saturated carbocycles. The van der Waals surface area contributed by atoms with Gasteiger partial charge in [-0.15, -0.1) is 11.6 Å². The van der Waals surface area contributed by atoms with Gasteiger partial charge in [0.25, 0.3) is 11.8 Å². The smallest absolute Gasteiger partial charge is 0.254 e. The van der Waals surface area contributed by atoms with Crippen LogP contribution in [0.5, 0.6) is 0 Å². The molecule has 1 heterocycles. The molecule has 0 bridgehead atoms. The van der Waals surface area contributed by atoms with E-state index in [-0.39, 0.29) is 35.9 Å². The minimum atomic E-state index is -1.60. The summed E-state index contributed by atoms with van der Waals surface area (Å²) in [5, 5.41) is 16.6. The molecule has 2 aromatic carbocycles. The second kappa shape index (κ2) is 11.4. The van der Waals surface area contributed by atoms with Crippen molar-refractivity contribution in [1.29, 1.82) is 0 Å². The summed E-state index contributed by atoms with van der Waals surface area (Å²) in [5.41, 5.74) is 0.562. The van der Waals surface area contributed by atoms with Gasteiger partial charge in [-0.05, 0) is 51.3 Å². The number of benzene rings is 2. The molecule has 0 aromatic heterocycles. The highest BCUT2D eigenvalue weighted by Gasteiger charge is 2.43. The molecule has 1 saturated heterocycles. The highest BCUT2D eigenvalue weighted by Crippen LogP contribution is 2.25. The molecule has 3 rings (SSSR count). The molecule has 1 fully saturated rings. The van der Waals surface area contributed by atoms with Gasteiger partial charge in [-0.3, -0.25) is 14.4 Å². The van der Waals surface area contributed by atoms with Crippen molar-refractivity contribution in [3.05, 3.63) is 70.7 Å². The summed E-state index contributed by atoms with van der Waals surface area (Å²) in [5.74, 6) is -1.51. The Balaban J connectivity index is 1.84. The Labute approximate surface area is 215 Å². The molecule has 1 aliphatic rings. The third-order valence-electron chi connectivity index (χ3n) is 5.70. The van der Waals surface area contributed by atoms with Crippen LogP contribution in [0, 0.1) is 0 Å². The second-order valence-electron chi connectivity index (χ2n) is 9.77. The van der Waals surface area contributed by atoms with Gasteiger partial charge in [-0.1, -0.05) is 54.1 Å². The number of alkyl halides is 1. The Kier molecular flexibility index (Phi) is 8.80. The first kappa shape index (κ1) is 27.0. The highest BCUT2D eigenvalue weighted by molar-refractivity contribution is 6.33. The van der Waals surface area contributed by atoms with E-state index in [1.54, 1.807) is 24.3 Å². The molecule has 3 N–H and O–H groups in total. The summed E-state index contributed by atoms with van der Waals surface area (Å²) in [6.45, 7) is 5.66. The number of aliphatic hydroxyl groups excluding tert-OH is 1. The molecule has 0 unspecified atom stereocenters. The maximum Gasteiger partial charge on any atom is 0.254 e. The lowest BCUT2D eigenvalue weighted by molar-refractivity contribution is -0.146. The summed E-state index contributed by atoms with van der Waals surface area (Å²) in [4.78, 5) is 40.6. The summed E-state index contributed by atoms with van der Waals surface area (Å²) in [7, 11) is 0. The van der Waals surface area contributed by atoms with Crippen LogP contribution in [0.25, 0.3) is 0 Å². The molecule has 3 amide bonds. The van der Waals surface area contributed by atoms with Gasteiger partial charge in [0.15, 0.2) is 6.10 Å². The number of rotatable bonds is 7. The molecule has 1 aliphatic heterocycles. The number of nitrogens with one attached hydrogen (secondary N) is 2. The van der Waals surface area contributed by atoms with Gasteiger partial charge in [0.2, 0.25) is 5.91 Å². The zero-order chi connectivity index (χ0) is 25.8. The van der Waals surface area contributed by atoms with Gasteiger partial charge >= 0.3 is 0 Å². The molecule has 188 valence electrons. The Morgan fingerprint density at radius 2 is 1.71 bits per heavy atom. The number of hydrogen-bond donors (Lipinski definition) is 3. The van der Waals surface area contributed by atoms with Gasteiger partial charge in [-0.25, -0.2) is 0 Å². The first-order valence-corrected chi connectivity index (χ1v) is 12.3. The lowest BCUT2D eigenvalue weighted by atomic mass is 9.99. The molecule has 2 aromatic rings. The minimum Gasteiger partial charge on any atom is -0.381 e. The Hall–Kier alpha value is -2.61. The summed E-state index contributed by atoms with van der Waals surface area (Å²) in [6.07, 6.45) is -1.13. The molecule has 35 heavy (non-hydrogen) atoms. The summed E-state index contributed by atoms with van der Waals surface area (Å²) >= 11 is 12.5. The monoisotopic (exact) mass is 519 g/mol. The third kappa shape index (κ3) is 7.19. The quantitative estimate of drug-likeness (QED) is 0.489. The van der Waals surface area contributed by atoms with Crippen LogP contribution in [-0.4, -0.2) is 63.4 Å². The van der Waals surface area contributed by atoms with E-state index in [9.17, 15) is 19.5 Å². The van der Waals surface area contributed by atoms with Crippen LogP contribution in [0.2, 0.25) is 5.02 Å². The first-order valence-electron chi connectivity index (χ1n) is 11.5. The number of likely N-dealkylation sites (tertiary alicyclic amines) is 1. The summed E-state index contributed by atoms with van der Waals surface area (Å²) < 4.78 is 0. The van der Waals surface area contributed by atoms with E-state index in [1.807, 2.05) is 51.1 Å². The predicted molar refractivity (Wildman–Crippen MR) is 137 cm³/mol. The number of hydrogen-bond acceptors (Lipinski definition) is 4. The van der Waals surface area contributed by atoms with Gasteiger partial charge in [0, 0.05) is 12.1 Å². The van der Waals surface area contributed by atoms with E-state index >= 15 is 0 Å². The number of aliphatic hydroxyl groups is 1. The zero-order valence-electron chi connectivity index (χ0n) is 20.0. The van der Waals surface area contributed by atoms with Gasteiger partial charge < -0.3 is 20.6 Å². The van der Waals surface area contributed by atoms with Crippen LogP contribution in [0.4, 0.5) is 0 Å². The zero-order valence-corrected chi connectivity index (χ0v) is 21.5. The van der Waals surface area contributed by atoms with Crippen LogP contribution >= 0.6 is 23.2 Å². The van der Waals surface area contributed by atoms with E-state index in [2.05, 4.69) is 10.6 Å². The molecule has 0 radical (unpaired) electrons. The fourth-order valence-electron chi connectivity index (χ4n) is 4.07. The van der Waals surface area contributed by atoms with Crippen molar-refractivity contribution in [2.45, 2.75) is 62.7 Å². The van der Waals surface area contributed by atoms with Gasteiger partial charge in [-0.2, -0.15) is 0 Å². The van der Waals surface area contributed by atoms with Crippen molar-refractivity contribution in [3.63, 3.8) is 0 Å². The van der Waals surface area contributed by atoms with Crippen molar-refractivity contribution in [1.82, 2.24) is 15.5 Å². The van der Waals surface area contributed by atoms with E-state index in [0.717, 1.165) is 5.56 Å². The largest absolute Gasteiger partial charge is 0.381 e. The van der Waals surface area contributed by atoms with Crippen LogP contribution in [0.15, 0.2) is 54.6 Å². The Morgan fingerprint density at radius 3 is 2.34 bits per heavy atom. The number of carbonyl (C=O) groups excluding carboxylic acids is 3. The number of amides is 3. The molecule has 4 atom stereocenters. The van der Waals surface area contributed by atoms with Crippen molar-refractivity contribution >= 4 is 40.9 Å². The SMILES string of the molecule is CC(C)(C)NC(=O)[C@@H]1C[C@H](Cl)CN1C(=O)[C@@H](O)[C@H](Cc1ccccc1)NC(=O)c1ccccc1Cl. The fourth-order valence-corrected chi connectivity index (χ4v) is 4.61. The van der Waals surface area contributed by atoms with Crippen LogP contribution in [0.1, 0.15) is 43.1 Å². The number of carbonyl (C=O) groups is 3. The van der Waals surface area contributed by atoms with Crippen molar-refractivity contribution < 1.29 is 19.5 Å². The molecular weight excluding hydrogens is 489 g/mol. The van der Waals surface area contributed by atoms with Gasteiger partial charge in [0.05, 0.1) is 22.0 Å². The number of halogens is 2. The Morgan fingerprint density at radius 1 is 1.09 bits per heavy atom. The lowest BCUT2D eigenvalue weighted by Crippen LogP contribution is -2.57. The van der Waals surface area contributed by atoms with E-state index in [0.29, 0.717) is 0 Å². The normalized spacial score (nSPS) is 19.7. The lowest BCUT2D eigenvalue weighted by Gasteiger charge is -2.32. The molecule has 0 spiro atoms. The van der Waals surface area contributed by atoms with Crippen LogP contribution < -0.4 is 10.6 Å². The van der Waals surface area contributed by atoms with Crippen LogP contribution in [0.3, 0.4) is 0 Å². The second-order valence-corrected chi connectivity index (χ2v) is 10.8. The summed E-state index contributed by atoms with van der Waals surface area (Å²) in [6, 6.07) is 14.0. The maximum atomic E-state index is 13.4. The topological polar surface area (TPSA) is 98.7 Å². The molecule has 0 aliphatic carbocycles. The van der Waals surface area contributed by atoms with Crippen molar-refractivity contribution in [2.24, 2.45) is 0 Å². The highest BCUT2D eigenvalue weighted by atomic mass is 35.5. The fraction of sp³-hybridized carbons (Fsp3) is 0.423. The predicted octanol–water partition coefficient (Wildman–Crippen LogP) is 3.17. The molecule has 7 nitrogen and oxygen atoms in total. The average molecular weight is 520 g/mol.